The summed E-state index contributed by atoms with van der Waals surface area (Å²) in [4.78, 5) is 2.48. The largest absolute Gasteiger partial charge is 0.310 e. The predicted octanol–water partition coefficient (Wildman–Crippen LogP) is 17.1. The number of rotatable bonds is 6. The van der Waals surface area contributed by atoms with Crippen LogP contribution in [0.25, 0.3) is 66.8 Å². The molecule has 9 aromatic rings. The zero-order valence-corrected chi connectivity index (χ0v) is 37.5. The molecular weight excluding hydrogens is 771 g/mol. The second kappa shape index (κ2) is 13.9. The van der Waals surface area contributed by atoms with Crippen molar-refractivity contribution in [3.05, 3.63) is 234 Å². The summed E-state index contributed by atoms with van der Waals surface area (Å²) in [7, 11) is 0. The van der Waals surface area contributed by atoms with Gasteiger partial charge in [0.15, 0.2) is 0 Å². The molecule has 1 heteroatoms. The maximum atomic E-state index is 2.48. The molecule has 0 saturated heterocycles. The first kappa shape index (κ1) is 38.5. The van der Waals surface area contributed by atoms with Gasteiger partial charge in [-0.05, 0) is 137 Å². The number of nitrogens with zero attached hydrogens (tertiary/aromatic N) is 1. The Morgan fingerprint density at radius 1 is 0.266 bits per heavy atom. The van der Waals surface area contributed by atoms with Gasteiger partial charge in [-0.3, -0.25) is 0 Å². The highest BCUT2D eigenvalue weighted by atomic mass is 15.1. The normalized spacial score (nSPS) is 15.1. The van der Waals surface area contributed by atoms with Gasteiger partial charge in [-0.25, -0.2) is 0 Å². The van der Waals surface area contributed by atoms with E-state index in [-0.39, 0.29) is 16.2 Å². The number of fused-ring (bicyclic) bond motifs is 9. The number of hydrogen-bond donors (Lipinski definition) is 0. The third kappa shape index (κ3) is 5.50. The smallest absolute Gasteiger partial charge is 0.0508 e. The van der Waals surface area contributed by atoms with E-state index in [2.05, 4.69) is 247 Å². The molecule has 0 saturated carbocycles. The molecule has 0 heterocycles. The summed E-state index contributed by atoms with van der Waals surface area (Å²) in [5, 5.41) is 0. The van der Waals surface area contributed by atoms with Crippen molar-refractivity contribution in [3.63, 3.8) is 0 Å². The van der Waals surface area contributed by atoms with Crippen molar-refractivity contribution >= 4 is 17.1 Å². The molecule has 308 valence electrons. The minimum absolute atomic E-state index is 0.0486. The number of hydrogen-bond acceptors (Lipinski definition) is 1. The van der Waals surface area contributed by atoms with Gasteiger partial charge in [0.1, 0.15) is 0 Å². The van der Waals surface area contributed by atoms with Gasteiger partial charge < -0.3 is 4.90 Å². The average molecular weight is 822 g/mol. The summed E-state index contributed by atoms with van der Waals surface area (Å²) >= 11 is 0. The Labute approximate surface area is 378 Å². The van der Waals surface area contributed by atoms with Gasteiger partial charge in [-0.1, -0.05) is 205 Å². The average Bonchev–Trinajstić information content (AvgIpc) is 3.82. The highest BCUT2D eigenvalue weighted by Crippen LogP contribution is 2.56. The summed E-state index contributed by atoms with van der Waals surface area (Å²) in [5.41, 5.74) is 27.0. The van der Waals surface area contributed by atoms with Crippen LogP contribution in [0.3, 0.4) is 0 Å². The van der Waals surface area contributed by atoms with Crippen molar-refractivity contribution in [2.75, 3.05) is 4.90 Å². The second-order valence-corrected chi connectivity index (χ2v) is 19.7. The molecule has 3 aliphatic carbocycles. The minimum atomic E-state index is -0.183. The lowest BCUT2D eigenvalue weighted by molar-refractivity contribution is 0.660. The van der Waals surface area contributed by atoms with Crippen molar-refractivity contribution < 1.29 is 0 Å². The van der Waals surface area contributed by atoms with Gasteiger partial charge in [0.05, 0.1) is 5.69 Å². The zero-order valence-electron chi connectivity index (χ0n) is 37.5. The Hall–Kier alpha value is -7.22. The van der Waals surface area contributed by atoms with Crippen molar-refractivity contribution in [1.82, 2.24) is 0 Å². The van der Waals surface area contributed by atoms with Crippen LogP contribution < -0.4 is 4.90 Å². The van der Waals surface area contributed by atoms with Crippen LogP contribution in [0, 0.1) is 0 Å². The molecule has 0 bridgehead atoms. The van der Waals surface area contributed by atoms with Gasteiger partial charge >= 0.3 is 0 Å². The van der Waals surface area contributed by atoms with Crippen LogP contribution in [0.2, 0.25) is 0 Å². The van der Waals surface area contributed by atoms with Crippen LogP contribution in [0.5, 0.6) is 0 Å². The molecule has 0 unspecified atom stereocenters. The van der Waals surface area contributed by atoms with Crippen molar-refractivity contribution in [1.29, 1.82) is 0 Å². The topological polar surface area (TPSA) is 3.24 Å². The zero-order chi connectivity index (χ0) is 43.5. The third-order valence-corrected chi connectivity index (χ3v) is 15.1. The molecule has 3 aliphatic rings. The number of benzene rings is 9. The molecule has 0 N–H and O–H groups in total. The van der Waals surface area contributed by atoms with E-state index in [1.54, 1.807) is 0 Å². The molecule has 64 heavy (non-hydrogen) atoms. The SMILES string of the molecule is CC1(C)c2ccccc2-c2ccc(-c3ccc(N(c4ccc(-c5ccccc5-c5cccc6c5C(C)(C)c5ccccc5-6)cc4)c4cccc5c4C(C)(C)c4ccccc4-5)cc3)cc21. The van der Waals surface area contributed by atoms with Crippen LogP contribution in [0.15, 0.2) is 200 Å². The van der Waals surface area contributed by atoms with E-state index in [0.29, 0.717) is 0 Å². The molecule has 0 fully saturated rings. The summed E-state index contributed by atoms with van der Waals surface area (Å²) < 4.78 is 0. The van der Waals surface area contributed by atoms with Gasteiger partial charge in [0, 0.05) is 27.6 Å². The van der Waals surface area contributed by atoms with Crippen LogP contribution in [-0.4, -0.2) is 0 Å². The van der Waals surface area contributed by atoms with Gasteiger partial charge in [0.25, 0.3) is 0 Å². The van der Waals surface area contributed by atoms with E-state index in [1.807, 2.05) is 0 Å². The highest BCUT2D eigenvalue weighted by Gasteiger charge is 2.40. The standard InChI is InChI=1S/C63H51N/c1-61(2)54-25-12-9-19-47(54)50-38-33-42(39-57(50)61)40-29-34-43(35-30-40)64(58-28-16-24-53-49-21-11-14-27-56(49)63(5,6)60(53)58)44-36-31-41(32-37-44)45-17-7-8-18-46(45)51-22-15-23-52-48-20-10-13-26-55(48)62(3,4)59(51)52/h7-39H,1-6H3. The predicted molar refractivity (Wildman–Crippen MR) is 270 cm³/mol. The molecule has 0 radical (unpaired) electrons. The number of anilines is 3. The second-order valence-electron chi connectivity index (χ2n) is 19.7. The molecule has 9 aromatic carbocycles. The van der Waals surface area contributed by atoms with E-state index < -0.39 is 0 Å². The first-order valence-electron chi connectivity index (χ1n) is 22.8. The fourth-order valence-electron chi connectivity index (χ4n) is 12.0. The minimum Gasteiger partial charge on any atom is -0.310 e. The maximum absolute atomic E-state index is 2.48. The summed E-state index contributed by atoms with van der Waals surface area (Å²) in [5.74, 6) is 0. The van der Waals surface area contributed by atoms with Crippen LogP contribution >= 0.6 is 0 Å². The lowest BCUT2D eigenvalue weighted by Gasteiger charge is -2.32. The molecule has 12 rings (SSSR count). The van der Waals surface area contributed by atoms with E-state index in [0.717, 1.165) is 11.4 Å². The van der Waals surface area contributed by atoms with Gasteiger partial charge in [-0.15, -0.1) is 0 Å². The summed E-state index contributed by atoms with van der Waals surface area (Å²) in [6, 6.07) is 75.1. The molecular formula is C63H51N. The lowest BCUT2D eigenvalue weighted by Crippen LogP contribution is -2.20. The lowest BCUT2D eigenvalue weighted by atomic mass is 9.78. The summed E-state index contributed by atoms with van der Waals surface area (Å²) in [6.07, 6.45) is 0. The van der Waals surface area contributed by atoms with Crippen molar-refractivity contribution in [2.24, 2.45) is 0 Å². The quantitative estimate of drug-likeness (QED) is 0.161. The highest BCUT2D eigenvalue weighted by molar-refractivity contribution is 5.95. The van der Waals surface area contributed by atoms with Crippen LogP contribution in [0.1, 0.15) is 74.9 Å². The Balaban J connectivity index is 0.967. The first-order valence-corrected chi connectivity index (χ1v) is 22.8. The van der Waals surface area contributed by atoms with Crippen molar-refractivity contribution in [2.45, 2.75) is 57.8 Å². The summed E-state index contributed by atoms with van der Waals surface area (Å²) in [6.45, 7) is 14.2. The molecule has 0 amide bonds. The third-order valence-electron chi connectivity index (χ3n) is 15.1. The van der Waals surface area contributed by atoms with E-state index in [9.17, 15) is 0 Å². The molecule has 0 spiro atoms. The Morgan fingerprint density at radius 3 is 1.25 bits per heavy atom. The fourth-order valence-corrected chi connectivity index (χ4v) is 12.0. The molecule has 0 aliphatic heterocycles. The van der Waals surface area contributed by atoms with E-state index >= 15 is 0 Å². The van der Waals surface area contributed by atoms with E-state index in [1.165, 1.54) is 106 Å². The maximum Gasteiger partial charge on any atom is 0.0508 e. The molecule has 0 aromatic heterocycles. The van der Waals surface area contributed by atoms with Gasteiger partial charge in [-0.2, -0.15) is 0 Å². The van der Waals surface area contributed by atoms with Gasteiger partial charge in [0.2, 0.25) is 0 Å². The molecule has 1 nitrogen and oxygen atoms in total. The first-order chi connectivity index (χ1) is 31.0. The van der Waals surface area contributed by atoms with Crippen molar-refractivity contribution in [3.8, 4) is 66.8 Å². The van der Waals surface area contributed by atoms with Crippen LogP contribution in [-0.2, 0) is 16.2 Å². The van der Waals surface area contributed by atoms with Crippen LogP contribution in [0.4, 0.5) is 17.1 Å². The Kier molecular flexibility index (Phi) is 8.35. The Bertz CT molecular complexity index is 3340. The Morgan fingerprint density at radius 2 is 0.656 bits per heavy atom. The van der Waals surface area contributed by atoms with E-state index in [4.69, 9.17) is 0 Å². The molecule has 0 atom stereocenters. The fraction of sp³-hybridized carbons (Fsp3) is 0.143. The monoisotopic (exact) mass is 821 g/mol.